The van der Waals surface area contributed by atoms with Gasteiger partial charge in [-0.25, -0.2) is 0 Å². The monoisotopic (exact) mass is 357 g/mol. The number of amides is 2. The van der Waals surface area contributed by atoms with Crippen molar-refractivity contribution in [2.45, 2.75) is 18.8 Å². The minimum Gasteiger partial charge on any atom is -0.486 e. The van der Waals surface area contributed by atoms with Gasteiger partial charge < -0.3 is 9.47 Å². The van der Waals surface area contributed by atoms with E-state index in [1.807, 2.05) is 12.1 Å². The molecule has 0 radical (unpaired) electrons. The second-order valence-corrected chi connectivity index (χ2v) is 6.54. The lowest BCUT2D eigenvalue weighted by Gasteiger charge is -2.31. The molecule has 2 amide bonds. The molecule has 0 atom stereocenters. The van der Waals surface area contributed by atoms with Gasteiger partial charge in [0.1, 0.15) is 13.2 Å². The Balaban J connectivity index is 1.57. The number of anilines is 1. The van der Waals surface area contributed by atoms with Gasteiger partial charge in [0.2, 0.25) is 11.8 Å². The lowest BCUT2D eigenvalue weighted by molar-refractivity contribution is -0.129. The third-order valence-electron chi connectivity index (χ3n) is 4.47. The predicted octanol–water partition coefficient (Wildman–Crippen LogP) is 3.55. The van der Waals surface area contributed by atoms with Crippen LogP contribution in [-0.2, 0) is 9.59 Å². The SMILES string of the molecule is O=C1CC(c2ccc(Cl)cc2)CC(=O)N1c1ccc2c(c1)OCCO2. The van der Waals surface area contributed by atoms with Crippen molar-refractivity contribution < 1.29 is 19.1 Å². The minimum absolute atomic E-state index is 0.120. The van der Waals surface area contributed by atoms with E-state index in [0.717, 1.165) is 5.56 Å². The number of fused-ring (bicyclic) bond motifs is 1. The fourth-order valence-corrected chi connectivity index (χ4v) is 3.37. The van der Waals surface area contributed by atoms with Crippen LogP contribution in [0.4, 0.5) is 5.69 Å². The molecule has 0 bridgehead atoms. The first-order chi connectivity index (χ1) is 12.1. The second kappa shape index (κ2) is 6.41. The van der Waals surface area contributed by atoms with Gasteiger partial charge in [-0.2, -0.15) is 0 Å². The fourth-order valence-electron chi connectivity index (χ4n) is 3.25. The number of rotatable bonds is 2. The van der Waals surface area contributed by atoms with Crippen LogP contribution in [0.1, 0.15) is 24.3 Å². The Kier molecular flexibility index (Phi) is 4.09. The van der Waals surface area contributed by atoms with Crippen molar-refractivity contribution in [3.63, 3.8) is 0 Å². The number of halogens is 1. The van der Waals surface area contributed by atoms with Crippen LogP contribution in [0.15, 0.2) is 42.5 Å². The summed E-state index contributed by atoms with van der Waals surface area (Å²) < 4.78 is 11.0. The topological polar surface area (TPSA) is 55.8 Å². The Morgan fingerprint density at radius 1 is 0.880 bits per heavy atom. The van der Waals surface area contributed by atoms with E-state index in [-0.39, 0.29) is 30.6 Å². The Morgan fingerprint density at radius 3 is 2.20 bits per heavy atom. The third-order valence-corrected chi connectivity index (χ3v) is 4.72. The van der Waals surface area contributed by atoms with Crippen LogP contribution in [0.2, 0.25) is 5.02 Å². The first-order valence-electron chi connectivity index (χ1n) is 8.13. The quantitative estimate of drug-likeness (QED) is 0.771. The molecule has 0 N–H and O–H groups in total. The van der Waals surface area contributed by atoms with Gasteiger partial charge in [0.15, 0.2) is 11.5 Å². The number of ether oxygens (including phenoxy) is 2. The number of hydrogen-bond donors (Lipinski definition) is 0. The number of piperidine rings is 1. The van der Waals surface area contributed by atoms with E-state index < -0.39 is 0 Å². The van der Waals surface area contributed by atoms with Crippen LogP contribution < -0.4 is 14.4 Å². The summed E-state index contributed by atoms with van der Waals surface area (Å²) in [5, 5.41) is 0.634. The highest BCUT2D eigenvalue weighted by atomic mass is 35.5. The lowest BCUT2D eigenvalue weighted by Crippen LogP contribution is -2.42. The molecule has 4 rings (SSSR count). The molecule has 1 fully saturated rings. The van der Waals surface area contributed by atoms with Crippen molar-refractivity contribution in [1.29, 1.82) is 0 Å². The van der Waals surface area contributed by atoms with Gasteiger partial charge in [-0.05, 0) is 29.8 Å². The molecule has 5 nitrogen and oxygen atoms in total. The summed E-state index contributed by atoms with van der Waals surface area (Å²) in [5.41, 5.74) is 1.47. The maximum absolute atomic E-state index is 12.6. The molecule has 2 aliphatic rings. The fraction of sp³-hybridized carbons (Fsp3) is 0.263. The molecular formula is C19H16ClNO4. The van der Waals surface area contributed by atoms with Crippen LogP contribution >= 0.6 is 11.6 Å². The Labute approximate surface area is 150 Å². The van der Waals surface area contributed by atoms with Gasteiger partial charge in [-0.3, -0.25) is 14.5 Å². The van der Waals surface area contributed by atoms with E-state index in [1.54, 1.807) is 30.3 Å². The summed E-state index contributed by atoms with van der Waals surface area (Å²) in [7, 11) is 0. The van der Waals surface area contributed by atoms with E-state index in [1.165, 1.54) is 4.90 Å². The standard InChI is InChI=1S/C19H16ClNO4/c20-14-3-1-12(2-4-14)13-9-18(22)21(19(23)10-13)15-5-6-16-17(11-15)25-8-7-24-16/h1-6,11,13H,7-10H2. The molecule has 6 heteroatoms. The predicted molar refractivity (Wildman–Crippen MR) is 93.4 cm³/mol. The maximum Gasteiger partial charge on any atom is 0.234 e. The van der Waals surface area contributed by atoms with Crippen LogP contribution in [0.3, 0.4) is 0 Å². The van der Waals surface area contributed by atoms with Crippen LogP contribution in [0.5, 0.6) is 11.5 Å². The zero-order valence-corrected chi connectivity index (χ0v) is 14.2. The van der Waals surface area contributed by atoms with Crippen LogP contribution in [0, 0.1) is 0 Å². The summed E-state index contributed by atoms with van der Waals surface area (Å²) >= 11 is 5.90. The highest BCUT2D eigenvalue weighted by molar-refractivity contribution is 6.30. The molecule has 1 saturated heterocycles. The molecule has 2 aromatic rings. The molecule has 25 heavy (non-hydrogen) atoms. The van der Waals surface area contributed by atoms with Gasteiger partial charge in [-0.15, -0.1) is 0 Å². The maximum atomic E-state index is 12.6. The zero-order valence-electron chi connectivity index (χ0n) is 13.4. The van der Waals surface area contributed by atoms with Crippen molar-refractivity contribution in [3.8, 4) is 11.5 Å². The Morgan fingerprint density at radius 2 is 1.52 bits per heavy atom. The van der Waals surface area contributed by atoms with E-state index in [0.29, 0.717) is 35.4 Å². The van der Waals surface area contributed by atoms with Gasteiger partial charge in [-0.1, -0.05) is 23.7 Å². The smallest absolute Gasteiger partial charge is 0.234 e. The highest BCUT2D eigenvalue weighted by Crippen LogP contribution is 2.37. The summed E-state index contributed by atoms with van der Waals surface area (Å²) in [6.45, 7) is 0.952. The summed E-state index contributed by atoms with van der Waals surface area (Å²) in [6, 6.07) is 12.4. The molecule has 0 spiro atoms. The molecule has 2 aliphatic heterocycles. The average molecular weight is 358 g/mol. The van der Waals surface area contributed by atoms with E-state index in [9.17, 15) is 9.59 Å². The number of carbonyl (C=O) groups is 2. The van der Waals surface area contributed by atoms with Gasteiger partial charge >= 0.3 is 0 Å². The van der Waals surface area contributed by atoms with Crippen LogP contribution in [-0.4, -0.2) is 25.0 Å². The summed E-state index contributed by atoms with van der Waals surface area (Å²) in [5.74, 6) is 0.640. The van der Waals surface area contributed by atoms with Gasteiger partial charge in [0.05, 0.1) is 5.69 Å². The zero-order chi connectivity index (χ0) is 17.4. The van der Waals surface area contributed by atoms with Crippen molar-refractivity contribution in [3.05, 3.63) is 53.1 Å². The number of carbonyl (C=O) groups excluding carboxylic acids is 2. The van der Waals surface area contributed by atoms with E-state index in [2.05, 4.69) is 0 Å². The minimum atomic E-state index is -0.215. The molecule has 128 valence electrons. The Hall–Kier alpha value is -2.53. The average Bonchev–Trinajstić information content (AvgIpc) is 2.61. The van der Waals surface area contributed by atoms with Crippen molar-refractivity contribution in [2.75, 3.05) is 18.1 Å². The first kappa shape index (κ1) is 16.0. The summed E-state index contributed by atoms with van der Waals surface area (Å²) in [6.07, 6.45) is 0.559. The lowest BCUT2D eigenvalue weighted by atomic mass is 9.88. The van der Waals surface area contributed by atoms with Crippen molar-refractivity contribution in [1.82, 2.24) is 0 Å². The number of imide groups is 1. The van der Waals surface area contributed by atoms with Crippen LogP contribution in [0.25, 0.3) is 0 Å². The third kappa shape index (κ3) is 3.07. The number of hydrogen-bond acceptors (Lipinski definition) is 4. The molecule has 0 aliphatic carbocycles. The molecule has 0 aromatic heterocycles. The van der Waals surface area contributed by atoms with Gasteiger partial charge in [0, 0.05) is 29.8 Å². The van der Waals surface area contributed by atoms with E-state index in [4.69, 9.17) is 21.1 Å². The molecule has 0 saturated carbocycles. The van der Waals surface area contributed by atoms with Crippen molar-refractivity contribution in [2.24, 2.45) is 0 Å². The normalized spacial score (nSPS) is 17.7. The molecule has 2 aromatic carbocycles. The molecule has 2 heterocycles. The molecular weight excluding hydrogens is 342 g/mol. The van der Waals surface area contributed by atoms with E-state index >= 15 is 0 Å². The highest BCUT2D eigenvalue weighted by Gasteiger charge is 2.34. The summed E-state index contributed by atoms with van der Waals surface area (Å²) in [4.78, 5) is 26.5. The largest absolute Gasteiger partial charge is 0.486 e. The second-order valence-electron chi connectivity index (χ2n) is 6.11. The number of benzene rings is 2. The van der Waals surface area contributed by atoms with Gasteiger partial charge in [0.25, 0.3) is 0 Å². The number of nitrogens with zero attached hydrogens (tertiary/aromatic N) is 1. The molecule has 0 unspecified atom stereocenters. The Bertz CT molecular complexity index is 816. The van der Waals surface area contributed by atoms with Crippen molar-refractivity contribution >= 4 is 29.1 Å². The first-order valence-corrected chi connectivity index (χ1v) is 8.50.